The van der Waals surface area contributed by atoms with Crippen LogP contribution in [-0.4, -0.2) is 42.0 Å². The van der Waals surface area contributed by atoms with Crippen molar-refractivity contribution in [1.82, 2.24) is 20.1 Å². The number of rotatable bonds is 4. The number of carbonyl (C=O) groups excluding carboxylic acids is 1. The molecule has 1 N–H and O–H groups in total. The molecule has 2 amide bonds. The summed E-state index contributed by atoms with van der Waals surface area (Å²) < 4.78 is 38.6. The van der Waals surface area contributed by atoms with E-state index in [0.29, 0.717) is 17.8 Å². The van der Waals surface area contributed by atoms with E-state index >= 15 is 0 Å². The first-order valence-corrected chi connectivity index (χ1v) is 11.7. The zero-order valence-corrected chi connectivity index (χ0v) is 17.9. The number of aromatic nitrogens is 3. The van der Waals surface area contributed by atoms with Gasteiger partial charge in [0.1, 0.15) is 5.82 Å². The van der Waals surface area contributed by atoms with Gasteiger partial charge in [0.25, 0.3) is 0 Å². The van der Waals surface area contributed by atoms with Crippen LogP contribution in [0, 0.1) is 5.82 Å². The molecule has 0 radical (unpaired) electrons. The quantitative estimate of drug-likeness (QED) is 0.669. The van der Waals surface area contributed by atoms with Crippen molar-refractivity contribution < 1.29 is 17.6 Å². The summed E-state index contributed by atoms with van der Waals surface area (Å²) in [5.74, 6) is -0.325. The lowest BCUT2D eigenvalue weighted by Crippen LogP contribution is -2.43. The van der Waals surface area contributed by atoms with Crippen molar-refractivity contribution >= 4 is 21.6 Å². The second kappa shape index (κ2) is 8.10. The lowest BCUT2D eigenvalue weighted by molar-refractivity contribution is 0.243. The van der Waals surface area contributed by atoms with Gasteiger partial charge in [-0.3, -0.25) is 9.88 Å². The highest BCUT2D eigenvalue weighted by molar-refractivity contribution is 7.90. The molecule has 0 saturated heterocycles. The minimum Gasteiger partial charge on any atom is -0.331 e. The first-order chi connectivity index (χ1) is 14.7. The maximum atomic E-state index is 13.3. The van der Waals surface area contributed by atoms with Crippen molar-refractivity contribution in [3.05, 3.63) is 66.0 Å². The Morgan fingerprint density at radius 1 is 1.19 bits per heavy atom. The Hall–Kier alpha value is -3.27. The summed E-state index contributed by atoms with van der Waals surface area (Å²) >= 11 is 0. The molecule has 0 aliphatic carbocycles. The minimum atomic E-state index is -3.39. The van der Waals surface area contributed by atoms with Crippen LogP contribution < -0.4 is 10.2 Å². The second-order valence-electron chi connectivity index (χ2n) is 7.52. The lowest BCUT2D eigenvalue weighted by Gasteiger charge is -2.29. The molecule has 3 aromatic rings. The predicted molar refractivity (Wildman–Crippen MR) is 113 cm³/mol. The van der Waals surface area contributed by atoms with E-state index < -0.39 is 15.9 Å². The van der Waals surface area contributed by atoms with E-state index in [-0.39, 0.29) is 16.7 Å². The first-order valence-electron chi connectivity index (χ1n) is 9.80. The number of nitrogens with zero attached hydrogens (tertiary/aromatic N) is 4. The van der Waals surface area contributed by atoms with Crippen LogP contribution in [0.5, 0.6) is 0 Å². The summed E-state index contributed by atoms with van der Waals surface area (Å²) in [6.45, 7) is 2.30. The predicted octanol–water partition coefficient (Wildman–Crippen LogP) is 3.03. The Balaban J connectivity index is 1.55. The van der Waals surface area contributed by atoms with Gasteiger partial charge >= 0.3 is 6.03 Å². The fourth-order valence-corrected chi connectivity index (χ4v) is 4.19. The van der Waals surface area contributed by atoms with E-state index in [1.165, 1.54) is 30.6 Å². The molecule has 0 bridgehead atoms. The summed E-state index contributed by atoms with van der Waals surface area (Å²) in [5, 5.41) is 7.31. The Morgan fingerprint density at radius 2 is 1.94 bits per heavy atom. The average molecular weight is 444 g/mol. The number of halogens is 1. The van der Waals surface area contributed by atoms with Crippen LogP contribution in [0.1, 0.15) is 30.6 Å². The van der Waals surface area contributed by atoms with Gasteiger partial charge in [-0.25, -0.2) is 22.3 Å². The molecule has 4 rings (SSSR count). The topological polar surface area (TPSA) is 97.2 Å². The molecule has 10 heteroatoms. The van der Waals surface area contributed by atoms with Crippen LogP contribution in [0.4, 0.5) is 14.9 Å². The third-order valence-electron chi connectivity index (χ3n) is 5.25. The van der Waals surface area contributed by atoms with Crippen molar-refractivity contribution in [1.29, 1.82) is 0 Å². The number of benzene rings is 1. The van der Waals surface area contributed by atoms with Crippen molar-refractivity contribution in [2.24, 2.45) is 0 Å². The van der Waals surface area contributed by atoms with Crippen molar-refractivity contribution in [2.75, 3.05) is 17.7 Å². The average Bonchev–Trinajstić information content (AvgIpc) is 3.18. The summed E-state index contributed by atoms with van der Waals surface area (Å²) in [6, 6.07) is 6.79. The normalized spacial score (nSPS) is 14.7. The van der Waals surface area contributed by atoms with Gasteiger partial charge in [0.15, 0.2) is 9.84 Å². The van der Waals surface area contributed by atoms with Crippen molar-refractivity contribution in [2.45, 2.75) is 30.7 Å². The van der Waals surface area contributed by atoms with E-state index in [1.807, 2.05) is 0 Å². The Labute approximate surface area is 179 Å². The van der Waals surface area contributed by atoms with Gasteiger partial charge in [-0.2, -0.15) is 5.10 Å². The number of hydrogen-bond acceptors (Lipinski definition) is 5. The summed E-state index contributed by atoms with van der Waals surface area (Å²) in [7, 11) is -3.39. The van der Waals surface area contributed by atoms with E-state index in [0.717, 1.165) is 30.5 Å². The number of pyridine rings is 1. The molecule has 162 valence electrons. The Kier molecular flexibility index (Phi) is 5.48. The number of carbonyl (C=O) groups is 1. The largest absolute Gasteiger partial charge is 0.331 e. The van der Waals surface area contributed by atoms with Gasteiger partial charge in [-0.1, -0.05) is 0 Å². The molecule has 8 nitrogen and oxygen atoms in total. The number of nitrogens with one attached hydrogen (secondary N) is 1. The van der Waals surface area contributed by atoms with Crippen LogP contribution in [0.3, 0.4) is 0 Å². The van der Waals surface area contributed by atoms with Crippen LogP contribution >= 0.6 is 0 Å². The van der Waals surface area contributed by atoms with E-state index in [9.17, 15) is 17.6 Å². The minimum absolute atomic E-state index is 0.104. The maximum Gasteiger partial charge on any atom is 0.322 e. The van der Waals surface area contributed by atoms with Crippen LogP contribution in [-0.2, 0) is 16.3 Å². The number of urea groups is 1. The smallest absolute Gasteiger partial charge is 0.322 e. The first kappa shape index (κ1) is 21.0. The monoisotopic (exact) mass is 443 g/mol. The van der Waals surface area contributed by atoms with Crippen molar-refractivity contribution in [3.8, 4) is 5.69 Å². The Bertz CT molecular complexity index is 1220. The fourth-order valence-electron chi connectivity index (χ4n) is 3.59. The van der Waals surface area contributed by atoms with Gasteiger partial charge in [0.2, 0.25) is 0 Å². The molecule has 1 aromatic carbocycles. The zero-order valence-electron chi connectivity index (χ0n) is 17.1. The molecule has 3 heterocycles. The number of sulfone groups is 1. The number of fused-ring (bicyclic) bond motifs is 1. The summed E-state index contributed by atoms with van der Waals surface area (Å²) in [5.41, 5.74) is 2.89. The highest BCUT2D eigenvalue weighted by Crippen LogP contribution is 2.29. The van der Waals surface area contributed by atoms with E-state index in [2.05, 4.69) is 15.4 Å². The zero-order chi connectivity index (χ0) is 22.2. The number of amides is 2. The van der Waals surface area contributed by atoms with Gasteiger partial charge < -0.3 is 5.32 Å². The standard InChI is InChI=1S/C21H22FN5O3S/c1-14(15-10-18(12-23-11-15)31(2,29)30)25-21(28)26-9-3-4-19-20(26)13-24-27(19)17-7-5-16(22)6-8-17/h5-8,10-14H,3-4,9H2,1-2H3,(H,25,28)/t14-/m0/s1. The Morgan fingerprint density at radius 3 is 2.65 bits per heavy atom. The molecule has 31 heavy (non-hydrogen) atoms. The van der Waals surface area contributed by atoms with Crippen LogP contribution in [0.25, 0.3) is 5.69 Å². The number of anilines is 1. The van der Waals surface area contributed by atoms with E-state index in [4.69, 9.17) is 0 Å². The maximum absolute atomic E-state index is 13.3. The third-order valence-corrected chi connectivity index (χ3v) is 6.33. The highest BCUT2D eigenvalue weighted by Gasteiger charge is 2.27. The molecule has 1 aliphatic rings. The van der Waals surface area contributed by atoms with Gasteiger partial charge in [-0.05, 0) is 55.7 Å². The van der Waals surface area contributed by atoms with Gasteiger partial charge in [-0.15, -0.1) is 0 Å². The molecule has 0 spiro atoms. The molecular weight excluding hydrogens is 421 g/mol. The summed E-state index contributed by atoms with van der Waals surface area (Å²) in [4.78, 5) is 18.7. The second-order valence-corrected chi connectivity index (χ2v) is 9.53. The fraction of sp³-hybridized carbons (Fsp3) is 0.286. The molecule has 1 aliphatic heterocycles. The molecule has 2 aromatic heterocycles. The SMILES string of the molecule is C[C@H](NC(=O)N1CCCc2c1cnn2-c1ccc(F)cc1)c1cncc(S(C)(=O)=O)c1. The number of hydrogen-bond donors (Lipinski definition) is 1. The third kappa shape index (κ3) is 4.29. The summed E-state index contributed by atoms with van der Waals surface area (Å²) in [6.07, 6.45) is 7.07. The van der Waals surface area contributed by atoms with Gasteiger partial charge in [0, 0.05) is 25.2 Å². The molecule has 0 fully saturated rings. The van der Waals surface area contributed by atoms with Crippen LogP contribution in [0.15, 0.2) is 53.8 Å². The van der Waals surface area contributed by atoms with Gasteiger partial charge in [0.05, 0.1) is 34.2 Å². The molecule has 0 unspecified atom stereocenters. The van der Waals surface area contributed by atoms with Crippen LogP contribution in [0.2, 0.25) is 0 Å². The van der Waals surface area contributed by atoms with Crippen molar-refractivity contribution in [3.63, 3.8) is 0 Å². The van der Waals surface area contributed by atoms with E-state index in [1.54, 1.807) is 34.8 Å². The molecule has 1 atom stereocenters. The molecular formula is C21H22FN5O3S. The highest BCUT2D eigenvalue weighted by atomic mass is 32.2. The molecule has 0 saturated carbocycles. The lowest BCUT2D eigenvalue weighted by atomic mass is 10.1.